The molecule has 7 nitrogen and oxygen atoms in total. The topological polar surface area (TPSA) is 73.6 Å². The first-order chi connectivity index (χ1) is 13.2. The molecule has 0 aromatic carbocycles. The summed E-state index contributed by atoms with van der Waals surface area (Å²) in [5.41, 5.74) is 4.03. The maximum Gasteiger partial charge on any atom is 0.160 e. The lowest BCUT2D eigenvalue weighted by atomic mass is 9.76. The van der Waals surface area contributed by atoms with Gasteiger partial charge in [0.2, 0.25) is 0 Å². The Bertz CT molecular complexity index is 878. The number of nitrogens with zero attached hydrogens (tertiary/aromatic N) is 4. The van der Waals surface area contributed by atoms with Gasteiger partial charge in [0, 0.05) is 43.5 Å². The lowest BCUT2D eigenvalue weighted by molar-refractivity contribution is -0.0755. The molecule has 2 aromatic rings. The van der Waals surface area contributed by atoms with E-state index in [0.717, 1.165) is 73.3 Å². The third-order valence-corrected chi connectivity index (χ3v) is 6.10. The molecule has 144 valence electrons. The highest BCUT2D eigenvalue weighted by molar-refractivity contribution is 6.10. The molecule has 0 amide bonds. The highest BCUT2D eigenvalue weighted by atomic mass is 16.7. The summed E-state index contributed by atoms with van der Waals surface area (Å²) in [6.07, 6.45) is 10.2. The Hall–Kier alpha value is -2.15. The van der Waals surface area contributed by atoms with Crippen LogP contribution in [0.3, 0.4) is 0 Å². The molecule has 1 saturated carbocycles. The van der Waals surface area contributed by atoms with E-state index in [2.05, 4.69) is 29.4 Å². The molecule has 2 aliphatic heterocycles. The maximum absolute atomic E-state index is 5.84. The zero-order chi connectivity index (χ0) is 18.4. The Kier molecular flexibility index (Phi) is 4.07. The monoisotopic (exact) mass is 369 g/mol. The zero-order valence-corrected chi connectivity index (χ0v) is 16.1. The van der Waals surface area contributed by atoms with E-state index in [9.17, 15) is 0 Å². The molecule has 0 atom stereocenters. The Morgan fingerprint density at radius 1 is 1.22 bits per heavy atom. The lowest BCUT2D eigenvalue weighted by Crippen LogP contribution is -2.37. The fourth-order valence-corrected chi connectivity index (χ4v) is 4.30. The van der Waals surface area contributed by atoms with Gasteiger partial charge in [0.15, 0.2) is 5.65 Å². The molecule has 2 aromatic heterocycles. The van der Waals surface area contributed by atoms with Gasteiger partial charge in [-0.25, -0.2) is 9.67 Å². The molecule has 0 bridgehead atoms. The number of hydrogen-bond acceptors (Lipinski definition) is 6. The zero-order valence-electron chi connectivity index (χ0n) is 16.1. The molecule has 2 fully saturated rings. The van der Waals surface area contributed by atoms with Crippen LogP contribution in [0, 0.1) is 0 Å². The van der Waals surface area contributed by atoms with Crippen molar-refractivity contribution < 1.29 is 9.57 Å². The van der Waals surface area contributed by atoms with E-state index in [1.165, 1.54) is 6.42 Å². The van der Waals surface area contributed by atoms with Crippen molar-refractivity contribution in [3.63, 3.8) is 0 Å². The van der Waals surface area contributed by atoms with Crippen LogP contribution in [0.2, 0.25) is 0 Å². The van der Waals surface area contributed by atoms with Crippen molar-refractivity contribution in [2.24, 2.45) is 5.16 Å². The molecule has 0 radical (unpaired) electrons. The van der Waals surface area contributed by atoms with Crippen LogP contribution in [0.25, 0.3) is 11.0 Å². The second-order valence-corrected chi connectivity index (χ2v) is 8.34. The molecule has 0 unspecified atom stereocenters. The van der Waals surface area contributed by atoms with Gasteiger partial charge in [0.25, 0.3) is 0 Å². The van der Waals surface area contributed by atoms with Gasteiger partial charge in [0.05, 0.1) is 23.0 Å². The summed E-state index contributed by atoms with van der Waals surface area (Å²) in [5, 5.41) is 13.9. The summed E-state index contributed by atoms with van der Waals surface area (Å²) in [7, 11) is 0. The van der Waals surface area contributed by atoms with E-state index < -0.39 is 0 Å². The van der Waals surface area contributed by atoms with E-state index in [-0.39, 0.29) is 11.6 Å². The average Bonchev–Trinajstić information content (AvgIpc) is 3.27. The molecule has 3 aliphatic rings. The number of anilines is 1. The molecular formula is C20H27N5O2. The van der Waals surface area contributed by atoms with Gasteiger partial charge in [-0.2, -0.15) is 5.10 Å². The summed E-state index contributed by atoms with van der Waals surface area (Å²) >= 11 is 0. The molecule has 4 heterocycles. The number of oxime groups is 1. The van der Waals surface area contributed by atoms with Crippen molar-refractivity contribution in [3.05, 3.63) is 18.0 Å². The van der Waals surface area contributed by atoms with Crippen molar-refractivity contribution in [1.82, 2.24) is 14.8 Å². The first kappa shape index (κ1) is 17.0. The van der Waals surface area contributed by atoms with E-state index in [1.54, 1.807) is 0 Å². The average molecular weight is 369 g/mol. The van der Waals surface area contributed by atoms with Crippen LogP contribution < -0.4 is 5.32 Å². The lowest BCUT2D eigenvalue weighted by Gasteiger charge is -2.34. The minimum absolute atomic E-state index is 0.0532. The van der Waals surface area contributed by atoms with Gasteiger partial charge in [-0.15, -0.1) is 0 Å². The molecule has 1 spiro atoms. The minimum Gasteiger partial charge on any atom is -0.389 e. The number of pyridine rings is 1. The van der Waals surface area contributed by atoms with Crippen LogP contribution in [0.5, 0.6) is 0 Å². The van der Waals surface area contributed by atoms with Crippen LogP contribution in [-0.2, 0) is 9.57 Å². The molecule has 1 saturated heterocycles. The minimum atomic E-state index is -0.0532. The van der Waals surface area contributed by atoms with Gasteiger partial charge in [-0.3, -0.25) is 0 Å². The fraction of sp³-hybridized carbons (Fsp3) is 0.650. The number of nitrogens with one attached hydrogen (secondary N) is 1. The highest BCUT2D eigenvalue weighted by Crippen LogP contribution is 2.44. The van der Waals surface area contributed by atoms with Crippen LogP contribution >= 0.6 is 0 Å². The number of hydrogen-bond donors (Lipinski definition) is 1. The second kappa shape index (κ2) is 6.48. The van der Waals surface area contributed by atoms with Crippen molar-refractivity contribution >= 4 is 22.4 Å². The van der Waals surface area contributed by atoms with Crippen LogP contribution in [0.1, 0.15) is 64.0 Å². The molecular weight excluding hydrogens is 342 g/mol. The van der Waals surface area contributed by atoms with Gasteiger partial charge < -0.3 is 14.9 Å². The summed E-state index contributed by atoms with van der Waals surface area (Å²) < 4.78 is 7.51. The van der Waals surface area contributed by atoms with E-state index in [4.69, 9.17) is 14.6 Å². The predicted octanol–water partition coefficient (Wildman–Crippen LogP) is 3.65. The molecule has 5 rings (SSSR count). The molecule has 1 aliphatic carbocycles. The first-order valence-corrected chi connectivity index (χ1v) is 10.1. The largest absolute Gasteiger partial charge is 0.389 e. The molecule has 27 heavy (non-hydrogen) atoms. The third-order valence-electron chi connectivity index (χ3n) is 6.10. The van der Waals surface area contributed by atoms with E-state index in [1.807, 2.05) is 17.1 Å². The smallest absolute Gasteiger partial charge is 0.160 e. The van der Waals surface area contributed by atoms with Crippen molar-refractivity contribution in [2.75, 3.05) is 18.5 Å². The number of aromatic nitrogens is 3. The standard InChI is InChI=1S/C20H27N5O2/c1-13(2)25-19-16(12-22-25)18(23-14-4-8-26-9-5-14)15(11-21-19)17-10-20(27-24-17)6-3-7-20/h11-14H,3-10H2,1-2H3,(H,21,23). The fourth-order valence-electron chi connectivity index (χ4n) is 4.30. The second-order valence-electron chi connectivity index (χ2n) is 8.34. The number of fused-ring (bicyclic) bond motifs is 1. The Labute approximate surface area is 159 Å². The third kappa shape index (κ3) is 2.88. The quantitative estimate of drug-likeness (QED) is 0.890. The SMILES string of the molecule is CC(C)n1ncc2c(NC3CCOCC3)c(C3=NOC4(CCC4)C3)cnc21. The predicted molar refractivity (Wildman–Crippen MR) is 104 cm³/mol. The summed E-state index contributed by atoms with van der Waals surface area (Å²) in [5.74, 6) is 0. The van der Waals surface area contributed by atoms with Gasteiger partial charge >= 0.3 is 0 Å². The normalized spacial score (nSPS) is 22.1. The number of ether oxygens (including phenoxy) is 1. The summed E-state index contributed by atoms with van der Waals surface area (Å²) in [4.78, 5) is 10.6. The highest BCUT2D eigenvalue weighted by Gasteiger charge is 2.45. The Balaban J connectivity index is 1.55. The van der Waals surface area contributed by atoms with Gasteiger partial charge in [-0.1, -0.05) is 5.16 Å². The van der Waals surface area contributed by atoms with Crippen molar-refractivity contribution in [3.8, 4) is 0 Å². The molecule has 7 heteroatoms. The summed E-state index contributed by atoms with van der Waals surface area (Å²) in [6.45, 7) is 5.87. The van der Waals surface area contributed by atoms with Crippen LogP contribution in [-0.4, -0.2) is 45.3 Å². The van der Waals surface area contributed by atoms with E-state index >= 15 is 0 Å². The van der Waals surface area contributed by atoms with Crippen molar-refractivity contribution in [2.45, 2.75) is 70.1 Å². The van der Waals surface area contributed by atoms with Crippen LogP contribution in [0.4, 0.5) is 5.69 Å². The Morgan fingerprint density at radius 2 is 2.04 bits per heavy atom. The maximum atomic E-state index is 5.84. The Morgan fingerprint density at radius 3 is 2.70 bits per heavy atom. The van der Waals surface area contributed by atoms with Gasteiger partial charge in [-0.05, 0) is 46.0 Å². The van der Waals surface area contributed by atoms with Gasteiger partial charge in [0.1, 0.15) is 5.60 Å². The first-order valence-electron chi connectivity index (χ1n) is 10.1. The van der Waals surface area contributed by atoms with E-state index in [0.29, 0.717) is 6.04 Å². The summed E-state index contributed by atoms with van der Waals surface area (Å²) in [6, 6.07) is 0.660. The number of rotatable bonds is 4. The van der Waals surface area contributed by atoms with Crippen LogP contribution in [0.15, 0.2) is 17.5 Å². The van der Waals surface area contributed by atoms with Crippen molar-refractivity contribution in [1.29, 1.82) is 0 Å². The molecule has 1 N–H and O–H groups in total.